The summed E-state index contributed by atoms with van der Waals surface area (Å²) in [5.41, 5.74) is 1.80. The van der Waals surface area contributed by atoms with E-state index in [1.807, 2.05) is 20.8 Å². The molecule has 0 aliphatic rings. The maximum atomic E-state index is 12.2. The molecular formula is C18H38O3Si2. The fraction of sp³-hybridized carbons (Fsp3) is 0.833. The minimum absolute atomic E-state index is 0.117. The van der Waals surface area contributed by atoms with Gasteiger partial charge >= 0.3 is 5.97 Å². The molecule has 0 saturated heterocycles. The van der Waals surface area contributed by atoms with Gasteiger partial charge in [-0.25, -0.2) is 0 Å². The molecule has 136 valence electrons. The standard InChI is InChI=1S/C18H38O3Si2/c1-17(2,3)20-16(19)14-15(12-13-22(7,8)9)21-23(10,11)18(4,5)6/h12-13,15H,14H2,1-11H3/b13-12+. The topological polar surface area (TPSA) is 35.5 Å². The lowest BCUT2D eigenvalue weighted by atomic mass is 10.2. The molecule has 1 unspecified atom stereocenters. The summed E-state index contributed by atoms with van der Waals surface area (Å²) >= 11 is 0. The molecule has 0 aliphatic carbocycles. The smallest absolute Gasteiger partial charge is 0.309 e. The Hall–Kier alpha value is -0.396. The van der Waals surface area contributed by atoms with Gasteiger partial charge in [0.2, 0.25) is 0 Å². The van der Waals surface area contributed by atoms with E-state index < -0.39 is 22.0 Å². The quantitative estimate of drug-likeness (QED) is 0.462. The number of hydrogen-bond donors (Lipinski definition) is 0. The van der Waals surface area contributed by atoms with Crippen LogP contribution in [-0.4, -0.2) is 34.1 Å². The van der Waals surface area contributed by atoms with Crippen LogP contribution in [0.15, 0.2) is 11.8 Å². The van der Waals surface area contributed by atoms with Crippen molar-refractivity contribution in [3.8, 4) is 0 Å². The number of carbonyl (C=O) groups excluding carboxylic acids is 1. The Morgan fingerprint density at radius 1 is 1.00 bits per heavy atom. The third-order valence-electron chi connectivity index (χ3n) is 3.85. The molecule has 0 aliphatic heterocycles. The highest BCUT2D eigenvalue weighted by atomic mass is 28.4. The third kappa shape index (κ3) is 10.1. The van der Waals surface area contributed by atoms with Crippen molar-refractivity contribution in [1.29, 1.82) is 0 Å². The van der Waals surface area contributed by atoms with Gasteiger partial charge < -0.3 is 9.16 Å². The van der Waals surface area contributed by atoms with E-state index in [0.717, 1.165) is 0 Å². The Morgan fingerprint density at radius 3 is 1.83 bits per heavy atom. The molecule has 0 aromatic carbocycles. The molecule has 0 saturated carbocycles. The number of esters is 1. The van der Waals surface area contributed by atoms with Crippen molar-refractivity contribution in [2.24, 2.45) is 0 Å². The Morgan fingerprint density at radius 2 is 1.48 bits per heavy atom. The summed E-state index contributed by atoms with van der Waals surface area (Å²) in [6, 6.07) is 0. The van der Waals surface area contributed by atoms with E-state index >= 15 is 0 Å². The summed E-state index contributed by atoms with van der Waals surface area (Å²) in [6.07, 6.45) is 2.18. The van der Waals surface area contributed by atoms with Crippen LogP contribution in [0.4, 0.5) is 0 Å². The monoisotopic (exact) mass is 358 g/mol. The summed E-state index contributed by atoms with van der Waals surface area (Å²) in [4.78, 5) is 12.2. The molecule has 0 fully saturated rings. The molecule has 0 N–H and O–H groups in total. The molecule has 0 bridgehead atoms. The molecule has 0 amide bonds. The maximum absolute atomic E-state index is 12.2. The summed E-state index contributed by atoms with van der Waals surface area (Å²) in [5, 5.41) is 0.117. The van der Waals surface area contributed by atoms with Crippen LogP contribution in [0.2, 0.25) is 37.8 Å². The number of rotatable bonds is 6. The molecule has 0 aromatic heterocycles. The van der Waals surface area contributed by atoms with Gasteiger partial charge in [-0.05, 0) is 38.9 Å². The summed E-state index contributed by atoms with van der Waals surface area (Å²) in [6.45, 7) is 23.6. The highest BCUT2D eigenvalue weighted by Gasteiger charge is 2.39. The maximum Gasteiger partial charge on any atom is 0.309 e. The van der Waals surface area contributed by atoms with Crippen molar-refractivity contribution in [2.45, 2.75) is 97.4 Å². The van der Waals surface area contributed by atoms with Crippen LogP contribution < -0.4 is 0 Å². The summed E-state index contributed by atoms with van der Waals surface area (Å²) in [5.74, 6) is -0.193. The van der Waals surface area contributed by atoms with E-state index in [0.29, 0.717) is 0 Å². The molecule has 0 rings (SSSR count). The van der Waals surface area contributed by atoms with Crippen molar-refractivity contribution in [3.05, 3.63) is 11.8 Å². The molecule has 3 nitrogen and oxygen atoms in total. The molecular weight excluding hydrogens is 320 g/mol. The first kappa shape index (κ1) is 22.6. The van der Waals surface area contributed by atoms with Crippen molar-refractivity contribution >= 4 is 22.4 Å². The van der Waals surface area contributed by atoms with Gasteiger partial charge in [0.15, 0.2) is 8.32 Å². The predicted octanol–water partition coefficient (Wildman–Crippen LogP) is 5.54. The Balaban J connectivity index is 5.19. The zero-order chi connectivity index (χ0) is 18.7. The van der Waals surface area contributed by atoms with Gasteiger partial charge in [0, 0.05) is 0 Å². The third-order valence-corrected chi connectivity index (χ3v) is 9.55. The van der Waals surface area contributed by atoms with E-state index in [4.69, 9.17) is 9.16 Å². The van der Waals surface area contributed by atoms with Crippen LogP contribution in [0.3, 0.4) is 0 Å². The normalized spacial score (nSPS) is 15.8. The van der Waals surface area contributed by atoms with Gasteiger partial charge in [-0.1, -0.05) is 52.2 Å². The first-order chi connectivity index (χ1) is 9.93. The second-order valence-electron chi connectivity index (χ2n) is 9.93. The zero-order valence-corrected chi connectivity index (χ0v) is 19.2. The van der Waals surface area contributed by atoms with E-state index in [-0.39, 0.29) is 23.5 Å². The Labute approximate surface area is 146 Å². The fourth-order valence-electron chi connectivity index (χ4n) is 1.65. The van der Waals surface area contributed by atoms with Crippen LogP contribution >= 0.6 is 0 Å². The fourth-order valence-corrected chi connectivity index (χ4v) is 3.71. The van der Waals surface area contributed by atoms with Crippen LogP contribution in [0.1, 0.15) is 48.0 Å². The van der Waals surface area contributed by atoms with Gasteiger partial charge in [0.25, 0.3) is 0 Å². The second kappa shape index (κ2) is 7.66. The average molecular weight is 359 g/mol. The van der Waals surface area contributed by atoms with Gasteiger partial charge in [-0.2, -0.15) is 0 Å². The SMILES string of the molecule is CC(C)(C)OC(=O)CC(/C=C/[Si](C)(C)C)O[Si](C)(C)C(C)(C)C. The summed E-state index contributed by atoms with van der Waals surface area (Å²) < 4.78 is 11.9. The first-order valence-electron chi connectivity index (χ1n) is 8.52. The molecule has 0 spiro atoms. The molecule has 23 heavy (non-hydrogen) atoms. The van der Waals surface area contributed by atoms with Crippen LogP contribution in [0, 0.1) is 0 Å². The lowest BCUT2D eigenvalue weighted by Gasteiger charge is -2.38. The highest BCUT2D eigenvalue weighted by Crippen LogP contribution is 2.37. The molecule has 0 radical (unpaired) electrons. The Kier molecular flexibility index (Phi) is 7.53. The molecule has 1 atom stereocenters. The van der Waals surface area contributed by atoms with Crippen LogP contribution in [0.5, 0.6) is 0 Å². The largest absolute Gasteiger partial charge is 0.460 e. The summed E-state index contributed by atoms with van der Waals surface area (Å²) in [7, 11) is -3.27. The van der Waals surface area contributed by atoms with Crippen molar-refractivity contribution in [1.82, 2.24) is 0 Å². The van der Waals surface area contributed by atoms with E-state index in [1.54, 1.807) is 0 Å². The zero-order valence-electron chi connectivity index (χ0n) is 17.2. The molecule has 0 aromatic rings. The van der Waals surface area contributed by atoms with E-state index in [9.17, 15) is 4.79 Å². The lowest BCUT2D eigenvalue weighted by molar-refractivity contribution is -0.156. The Bertz CT molecular complexity index is 421. The average Bonchev–Trinajstić information content (AvgIpc) is 2.19. The van der Waals surface area contributed by atoms with E-state index in [2.05, 4.69) is 65.3 Å². The number of ether oxygens (including phenoxy) is 1. The number of hydrogen-bond acceptors (Lipinski definition) is 3. The van der Waals surface area contributed by atoms with Crippen molar-refractivity contribution in [2.75, 3.05) is 0 Å². The van der Waals surface area contributed by atoms with Crippen LogP contribution in [0.25, 0.3) is 0 Å². The van der Waals surface area contributed by atoms with Gasteiger partial charge in [0.05, 0.1) is 20.6 Å². The molecule has 0 heterocycles. The lowest BCUT2D eigenvalue weighted by Crippen LogP contribution is -2.44. The van der Waals surface area contributed by atoms with Crippen molar-refractivity contribution in [3.63, 3.8) is 0 Å². The minimum Gasteiger partial charge on any atom is -0.460 e. The van der Waals surface area contributed by atoms with Gasteiger partial charge in [-0.3, -0.25) is 4.79 Å². The van der Waals surface area contributed by atoms with Gasteiger partial charge in [0.1, 0.15) is 5.60 Å². The second-order valence-corrected chi connectivity index (χ2v) is 19.8. The van der Waals surface area contributed by atoms with Gasteiger partial charge in [-0.15, -0.1) is 0 Å². The van der Waals surface area contributed by atoms with Crippen LogP contribution in [-0.2, 0) is 14.0 Å². The predicted molar refractivity (Wildman–Crippen MR) is 105 cm³/mol. The number of carbonyl (C=O) groups is 1. The van der Waals surface area contributed by atoms with Crippen molar-refractivity contribution < 1.29 is 14.0 Å². The van der Waals surface area contributed by atoms with E-state index in [1.165, 1.54) is 0 Å². The highest BCUT2D eigenvalue weighted by molar-refractivity contribution is 6.81. The first-order valence-corrected chi connectivity index (χ1v) is 15.0. The molecule has 5 heteroatoms. The minimum atomic E-state index is -1.93.